The highest BCUT2D eigenvalue weighted by Gasteiger charge is 2.55. The number of hydrogen-bond donors (Lipinski definition) is 4. The minimum absolute atomic E-state index is 0.307. The molecule has 1 aromatic heterocycles. The van der Waals surface area contributed by atoms with Gasteiger partial charge in [-0.15, -0.1) is 0 Å². The number of hydrogen-bond acceptors (Lipinski definition) is 7. The van der Waals surface area contributed by atoms with Crippen molar-refractivity contribution in [1.29, 1.82) is 5.26 Å². The van der Waals surface area contributed by atoms with Crippen molar-refractivity contribution in [3.05, 3.63) is 46.6 Å². The topological polar surface area (TPSA) is 97.7 Å². The second kappa shape index (κ2) is 11.0. The van der Waals surface area contributed by atoms with Gasteiger partial charge in [0.15, 0.2) is 0 Å². The molecule has 5 saturated carbocycles. The molecule has 7 rings (SSSR count). The molecule has 5 atom stereocenters. The molecule has 0 amide bonds. The van der Waals surface area contributed by atoms with Gasteiger partial charge in [-0.3, -0.25) is 0 Å². The van der Waals surface area contributed by atoms with Crippen LogP contribution < -0.4 is 21.3 Å². The van der Waals surface area contributed by atoms with Gasteiger partial charge in [0, 0.05) is 36.2 Å². The minimum atomic E-state index is 0.307. The van der Waals surface area contributed by atoms with Crippen molar-refractivity contribution in [1.82, 2.24) is 20.6 Å². The summed E-state index contributed by atoms with van der Waals surface area (Å²) in [5.41, 5.74) is 1.79. The summed E-state index contributed by atoms with van der Waals surface area (Å²) in [5.74, 6) is 3.55. The maximum Gasteiger partial charge on any atom is 0.224 e. The Morgan fingerprint density at radius 1 is 1.03 bits per heavy atom. The van der Waals surface area contributed by atoms with Gasteiger partial charge in [-0.05, 0) is 99.6 Å². The van der Waals surface area contributed by atoms with Gasteiger partial charge >= 0.3 is 0 Å². The van der Waals surface area contributed by atoms with Gasteiger partial charge in [0.2, 0.25) is 5.95 Å². The van der Waals surface area contributed by atoms with Crippen LogP contribution in [0.25, 0.3) is 0 Å². The van der Waals surface area contributed by atoms with Crippen LogP contribution in [0.15, 0.2) is 30.5 Å². The molecule has 0 spiro atoms. The highest BCUT2D eigenvalue weighted by molar-refractivity contribution is 6.31. The number of halogens is 1. The molecule has 0 radical (unpaired) electrons. The predicted octanol–water partition coefficient (Wildman–Crippen LogP) is 5.34. The van der Waals surface area contributed by atoms with Gasteiger partial charge in [-0.2, -0.15) is 10.2 Å². The zero-order valence-electron chi connectivity index (χ0n) is 22.3. The van der Waals surface area contributed by atoms with Crippen LogP contribution >= 0.6 is 11.6 Å². The maximum absolute atomic E-state index is 9.72. The average molecular weight is 534 g/mol. The molecule has 5 aliphatic rings. The van der Waals surface area contributed by atoms with Gasteiger partial charge in [-0.1, -0.05) is 29.8 Å². The Hall–Kier alpha value is -2.40. The van der Waals surface area contributed by atoms with Gasteiger partial charge in [0.25, 0.3) is 0 Å². The average Bonchev–Trinajstić information content (AvgIpc) is 2.93. The van der Waals surface area contributed by atoms with Crippen LogP contribution in [0.5, 0.6) is 0 Å². The lowest BCUT2D eigenvalue weighted by atomic mass is 9.47. The number of rotatable bonds is 9. The van der Waals surface area contributed by atoms with E-state index in [0.29, 0.717) is 52.4 Å². The van der Waals surface area contributed by atoms with E-state index in [1.807, 2.05) is 24.3 Å². The molecule has 2 aromatic rings. The van der Waals surface area contributed by atoms with E-state index in [1.54, 1.807) is 6.20 Å². The van der Waals surface area contributed by atoms with Crippen molar-refractivity contribution < 1.29 is 0 Å². The first-order chi connectivity index (χ1) is 18.5. The monoisotopic (exact) mass is 533 g/mol. The molecule has 1 aromatic carbocycles. The fourth-order valence-electron chi connectivity index (χ4n) is 8.27. The number of nitriles is 1. The first kappa shape index (κ1) is 25.9. The van der Waals surface area contributed by atoms with Gasteiger partial charge in [-0.25, -0.2) is 4.98 Å². The molecule has 1 heterocycles. The molecule has 8 heteroatoms. The van der Waals surface area contributed by atoms with Crippen LogP contribution in [0.3, 0.4) is 0 Å². The summed E-state index contributed by atoms with van der Waals surface area (Å²) >= 11 is 6.30. The molecule has 5 fully saturated rings. The third kappa shape index (κ3) is 5.36. The Labute approximate surface area is 231 Å². The Morgan fingerprint density at radius 2 is 1.76 bits per heavy atom. The first-order valence-corrected chi connectivity index (χ1v) is 14.8. The molecule has 3 unspecified atom stereocenters. The number of nitrogens with one attached hydrogen (secondary N) is 4. The van der Waals surface area contributed by atoms with Crippen molar-refractivity contribution in [2.45, 2.75) is 82.5 Å². The number of nitrogens with zero attached hydrogens (tertiary/aromatic N) is 3. The molecule has 0 aliphatic heterocycles. The van der Waals surface area contributed by atoms with Crippen LogP contribution in [0.1, 0.15) is 68.9 Å². The normalized spacial score (nSPS) is 33.6. The first-order valence-electron chi connectivity index (χ1n) is 14.5. The van der Waals surface area contributed by atoms with Crippen LogP contribution in [0.2, 0.25) is 5.02 Å². The minimum Gasteiger partial charge on any atom is -0.368 e. The largest absolute Gasteiger partial charge is 0.368 e. The van der Waals surface area contributed by atoms with E-state index >= 15 is 0 Å². The van der Waals surface area contributed by atoms with Crippen molar-refractivity contribution in [3.8, 4) is 6.07 Å². The molecular formula is C30H40ClN7. The van der Waals surface area contributed by atoms with E-state index in [4.69, 9.17) is 16.6 Å². The van der Waals surface area contributed by atoms with E-state index in [2.05, 4.69) is 39.4 Å². The van der Waals surface area contributed by atoms with Gasteiger partial charge in [0.05, 0.1) is 6.20 Å². The molecule has 38 heavy (non-hydrogen) atoms. The predicted molar refractivity (Wildman–Crippen MR) is 152 cm³/mol. The molecular weight excluding hydrogens is 494 g/mol. The molecule has 202 valence electrons. The summed E-state index contributed by atoms with van der Waals surface area (Å²) < 4.78 is 0. The van der Waals surface area contributed by atoms with Crippen LogP contribution in [-0.2, 0) is 6.54 Å². The van der Waals surface area contributed by atoms with E-state index in [9.17, 15) is 5.26 Å². The number of benzene rings is 1. The van der Waals surface area contributed by atoms with E-state index in [-0.39, 0.29) is 0 Å². The summed E-state index contributed by atoms with van der Waals surface area (Å²) in [5, 5.41) is 24.9. The lowest BCUT2D eigenvalue weighted by Crippen LogP contribution is -2.61. The van der Waals surface area contributed by atoms with Gasteiger partial charge < -0.3 is 21.3 Å². The summed E-state index contributed by atoms with van der Waals surface area (Å²) in [6.07, 6.45) is 13.4. The summed E-state index contributed by atoms with van der Waals surface area (Å²) in [4.78, 5) is 9.06. The van der Waals surface area contributed by atoms with Crippen LogP contribution in [-0.4, -0.2) is 41.7 Å². The van der Waals surface area contributed by atoms with Crippen LogP contribution in [0, 0.1) is 34.5 Å². The zero-order chi connectivity index (χ0) is 26.1. The third-order valence-electron chi connectivity index (χ3n) is 9.90. The summed E-state index contributed by atoms with van der Waals surface area (Å²) in [6, 6.07) is 12.1. The SMILES string of the molecule is CNC1CCC(NC2[C@@H]3CC4C[C@H]2CC(CNc2nc(NCc5ccccc5Cl)ncc2C#N)(C4)C3)CC1. The van der Waals surface area contributed by atoms with E-state index in [1.165, 1.54) is 57.8 Å². The number of anilines is 2. The van der Waals surface area contributed by atoms with Crippen molar-refractivity contribution in [3.63, 3.8) is 0 Å². The molecule has 5 aliphatic carbocycles. The van der Waals surface area contributed by atoms with Gasteiger partial charge in [0.1, 0.15) is 17.5 Å². The molecule has 4 N–H and O–H groups in total. The maximum atomic E-state index is 9.72. The standard InChI is InChI=1S/C30H40ClN7/c1-33-24-6-8-25(9-7-24)37-27-21-10-19-11-22(27)14-30(12-19,13-21)18-36-28-23(15-32)17-35-29(38-28)34-16-20-4-2-3-5-26(20)31/h2-5,17,19,21-22,24-25,27,33,37H,6-14,16,18H2,1H3,(H2,34,35,36,38)/t19?,21-,22+,24?,25?,27?,30?. The Balaban J connectivity index is 1.09. The Kier molecular flexibility index (Phi) is 7.48. The van der Waals surface area contributed by atoms with E-state index in [0.717, 1.165) is 29.9 Å². The fourth-order valence-corrected chi connectivity index (χ4v) is 8.48. The Morgan fingerprint density at radius 3 is 2.47 bits per heavy atom. The molecule has 0 saturated heterocycles. The second-order valence-electron chi connectivity index (χ2n) is 12.4. The van der Waals surface area contributed by atoms with Crippen LogP contribution in [0.4, 0.5) is 11.8 Å². The fraction of sp³-hybridized carbons (Fsp3) is 0.633. The van der Waals surface area contributed by atoms with E-state index < -0.39 is 0 Å². The zero-order valence-corrected chi connectivity index (χ0v) is 23.1. The Bertz CT molecular complexity index is 1160. The summed E-state index contributed by atoms with van der Waals surface area (Å²) in [6.45, 7) is 1.41. The van der Waals surface area contributed by atoms with Crippen molar-refractivity contribution in [2.24, 2.45) is 23.2 Å². The number of aromatic nitrogens is 2. The van der Waals surface area contributed by atoms with Crippen molar-refractivity contribution >= 4 is 23.4 Å². The lowest BCUT2D eigenvalue weighted by molar-refractivity contribution is -0.0730. The second-order valence-corrected chi connectivity index (χ2v) is 12.8. The molecule has 4 bridgehead atoms. The highest BCUT2D eigenvalue weighted by atomic mass is 35.5. The smallest absolute Gasteiger partial charge is 0.224 e. The van der Waals surface area contributed by atoms with Crippen molar-refractivity contribution in [2.75, 3.05) is 24.2 Å². The summed E-state index contributed by atoms with van der Waals surface area (Å²) in [7, 11) is 2.10. The highest BCUT2D eigenvalue weighted by Crippen LogP contribution is 2.60. The quantitative estimate of drug-likeness (QED) is 0.345. The third-order valence-corrected chi connectivity index (χ3v) is 10.3. The lowest BCUT2D eigenvalue weighted by Gasteiger charge is -2.61. The molecule has 7 nitrogen and oxygen atoms in total.